The fourth-order valence-electron chi connectivity index (χ4n) is 1.90. The fourth-order valence-corrected chi connectivity index (χ4v) is 4.91. The molecule has 100 valence electrons. The van der Waals surface area contributed by atoms with E-state index < -0.39 is 0 Å². The molecule has 0 fully saturated rings. The van der Waals surface area contributed by atoms with Gasteiger partial charge in [-0.05, 0) is 0 Å². The van der Waals surface area contributed by atoms with Gasteiger partial charge in [0.25, 0.3) is 0 Å². The van der Waals surface area contributed by atoms with E-state index in [9.17, 15) is 0 Å². The second-order valence-corrected chi connectivity index (χ2v) is 8.27. The van der Waals surface area contributed by atoms with Gasteiger partial charge in [-0.2, -0.15) is 0 Å². The number of alkyl halides is 1. The predicted molar refractivity (Wildman–Crippen MR) is 73.9 cm³/mol. The standard InChI is InChI=1S/C13H29INS/c1-4-6-7-8-9-13(14-15-3)10-12(5-2)11-16/h12-13,15-16H,4-11H2,1-3H3/q-1. The number of hydrogen-bond acceptors (Lipinski definition) is 2. The van der Waals surface area contributed by atoms with Gasteiger partial charge in [0.2, 0.25) is 0 Å². The van der Waals surface area contributed by atoms with Gasteiger partial charge in [0.15, 0.2) is 0 Å². The van der Waals surface area contributed by atoms with Gasteiger partial charge in [-0.25, -0.2) is 0 Å². The van der Waals surface area contributed by atoms with Crippen LogP contribution >= 0.6 is 12.6 Å². The normalized spacial score (nSPS) is 15.2. The summed E-state index contributed by atoms with van der Waals surface area (Å²) in [5.41, 5.74) is 0. The van der Waals surface area contributed by atoms with Gasteiger partial charge < -0.3 is 0 Å². The van der Waals surface area contributed by atoms with Gasteiger partial charge in [-0.1, -0.05) is 0 Å². The van der Waals surface area contributed by atoms with Gasteiger partial charge in [-0.3, -0.25) is 0 Å². The maximum absolute atomic E-state index is 4.45. The summed E-state index contributed by atoms with van der Waals surface area (Å²) in [5, 5.41) is 0. The van der Waals surface area contributed by atoms with Gasteiger partial charge in [0, 0.05) is 0 Å². The molecule has 0 aromatic rings. The van der Waals surface area contributed by atoms with Crippen molar-refractivity contribution in [3.8, 4) is 0 Å². The molecule has 0 aliphatic heterocycles. The number of unbranched alkanes of at least 4 members (excludes halogenated alkanes) is 3. The first-order chi connectivity index (χ1) is 7.78. The fraction of sp³-hybridized carbons (Fsp3) is 1.00. The Morgan fingerprint density at radius 3 is 2.44 bits per heavy atom. The van der Waals surface area contributed by atoms with Crippen LogP contribution in [-0.4, -0.2) is 16.7 Å². The third-order valence-electron chi connectivity index (χ3n) is 3.06. The van der Waals surface area contributed by atoms with Crippen molar-refractivity contribution in [2.75, 3.05) is 12.8 Å². The summed E-state index contributed by atoms with van der Waals surface area (Å²) in [5.74, 6) is 1.91. The Balaban J connectivity index is 3.76. The molecule has 0 saturated heterocycles. The van der Waals surface area contributed by atoms with Crippen molar-refractivity contribution in [2.45, 2.75) is 62.7 Å². The Bertz CT molecular complexity index is 140. The van der Waals surface area contributed by atoms with Crippen LogP contribution in [0.1, 0.15) is 58.8 Å². The predicted octanol–water partition coefficient (Wildman–Crippen LogP) is 0.895. The second-order valence-electron chi connectivity index (χ2n) is 4.44. The van der Waals surface area contributed by atoms with Crippen LogP contribution in [0, 0.1) is 5.92 Å². The first kappa shape index (κ1) is 17.0. The topological polar surface area (TPSA) is 12.0 Å². The molecule has 0 aromatic carbocycles. The van der Waals surface area contributed by atoms with E-state index in [1.165, 1.54) is 44.9 Å². The molecule has 0 heterocycles. The molecule has 0 aliphatic carbocycles. The quantitative estimate of drug-likeness (QED) is 0.184. The second kappa shape index (κ2) is 12.5. The van der Waals surface area contributed by atoms with E-state index in [2.05, 4.69) is 37.1 Å². The molecule has 3 heteroatoms. The zero-order chi connectivity index (χ0) is 12.2. The van der Waals surface area contributed by atoms with Crippen molar-refractivity contribution in [2.24, 2.45) is 5.92 Å². The number of nitrogens with one attached hydrogen (secondary N) is 1. The third-order valence-corrected chi connectivity index (χ3v) is 6.21. The molecule has 0 saturated carbocycles. The molecule has 1 N–H and O–H groups in total. The minimum absolute atomic E-state index is 0.210. The average molecular weight is 358 g/mol. The molecular weight excluding hydrogens is 329 g/mol. The van der Waals surface area contributed by atoms with Crippen molar-refractivity contribution >= 4 is 12.6 Å². The molecule has 2 atom stereocenters. The molecule has 0 aliphatic rings. The van der Waals surface area contributed by atoms with E-state index in [0.717, 1.165) is 15.6 Å². The van der Waals surface area contributed by atoms with E-state index in [0.29, 0.717) is 0 Å². The maximum atomic E-state index is 4.45. The summed E-state index contributed by atoms with van der Waals surface area (Å²) in [6.45, 7) is 4.58. The summed E-state index contributed by atoms with van der Waals surface area (Å²) in [6, 6.07) is 0. The van der Waals surface area contributed by atoms with Gasteiger partial charge in [0.05, 0.1) is 0 Å². The Morgan fingerprint density at radius 2 is 1.94 bits per heavy atom. The van der Waals surface area contributed by atoms with Crippen LogP contribution in [0.4, 0.5) is 0 Å². The zero-order valence-electron chi connectivity index (χ0n) is 11.1. The van der Waals surface area contributed by atoms with E-state index in [4.69, 9.17) is 0 Å². The Morgan fingerprint density at radius 1 is 1.19 bits per heavy atom. The number of hydrogen-bond donors (Lipinski definition) is 2. The van der Waals surface area contributed by atoms with E-state index >= 15 is 0 Å². The monoisotopic (exact) mass is 358 g/mol. The summed E-state index contributed by atoms with van der Waals surface area (Å²) in [6.07, 6.45) is 9.76. The molecule has 0 aromatic heterocycles. The Hall–Kier alpha value is 1.04. The summed E-state index contributed by atoms with van der Waals surface area (Å²) >= 11 is 4.66. The van der Waals surface area contributed by atoms with Crippen molar-refractivity contribution in [3.05, 3.63) is 0 Å². The number of halogens is 1. The van der Waals surface area contributed by atoms with Gasteiger partial charge >= 0.3 is 119 Å². The number of thiol groups is 1. The van der Waals surface area contributed by atoms with Crippen molar-refractivity contribution < 1.29 is 21.5 Å². The van der Waals surface area contributed by atoms with Crippen LogP contribution in [0.3, 0.4) is 0 Å². The first-order valence-corrected chi connectivity index (χ1v) is 9.64. The van der Waals surface area contributed by atoms with Crippen LogP contribution in [0.5, 0.6) is 0 Å². The molecule has 16 heavy (non-hydrogen) atoms. The molecule has 0 spiro atoms. The summed E-state index contributed by atoms with van der Waals surface area (Å²) in [4.78, 5) is 0. The van der Waals surface area contributed by atoms with Gasteiger partial charge in [-0.15, -0.1) is 0 Å². The van der Waals surface area contributed by atoms with Crippen LogP contribution < -0.4 is 25.0 Å². The Labute approximate surface area is 119 Å². The van der Waals surface area contributed by atoms with E-state index in [-0.39, 0.29) is 21.5 Å². The van der Waals surface area contributed by atoms with Crippen LogP contribution in [0.25, 0.3) is 0 Å². The first-order valence-electron chi connectivity index (χ1n) is 6.68. The minimum atomic E-state index is 0.210. The summed E-state index contributed by atoms with van der Waals surface area (Å²) in [7, 11) is 2.12. The van der Waals surface area contributed by atoms with E-state index in [1.54, 1.807) is 0 Å². The Kier molecular flexibility index (Phi) is 13.3. The van der Waals surface area contributed by atoms with Crippen LogP contribution in [-0.2, 0) is 0 Å². The molecule has 0 rings (SSSR count). The number of rotatable bonds is 11. The zero-order valence-corrected chi connectivity index (χ0v) is 14.2. The molecule has 0 amide bonds. The SMILES string of the molecule is CCCCCCC(CC(CC)CS)[I-]NC. The summed E-state index contributed by atoms with van der Waals surface area (Å²) < 4.78 is 4.42. The van der Waals surface area contributed by atoms with Crippen molar-refractivity contribution in [1.29, 1.82) is 0 Å². The third kappa shape index (κ3) is 9.11. The van der Waals surface area contributed by atoms with Crippen molar-refractivity contribution in [1.82, 2.24) is 3.53 Å². The molecular formula is C13H29INS-. The average Bonchev–Trinajstić information content (AvgIpc) is 2.31. The molecule has 0 bridgehead atoms. The molecule has 1 nitrogen and oxygen atoms in total. The van der Waals surface area contributed by atoms with Crippen LogP contribution in [0.15, 0.2) is 0 Å². The molecule has 0 radical (unpaired) electrons. The van der Waals surface area contributed by atoms with Gasteiger partial charge in [0.1, 0.15) is 0 Å². The van der Waals surface area contributed by atoms with E-state index in [1.807, 2.05) is 0 Å². The van der Waals surface area contributed by atoms with Crippen molar-refractivity contribution in [3.63, 3.8) is 0 Å². The van der Waals surface area contributed by atoms with Crippen LogP contribution in [0.2, 0.25) is 0 Å². The molecule has 2 unspecified atom stereocenters.